The summed E-state index contributed by atoms with van der Waals surface area (Å²) in [7, 11) is 1.43. The highest BCUT2D eigenvalue weighted by Crippen LogP contribution is 2.23. The Labute approximate surface area is 253 Å². The first kappa shape index (κ1) is 32.8. The predicted molar refractivity (Wildman–Crippen MR) is 150 cm³/mol. The average molecular weight is 621 g/mol. The summed E-state index contributed by atoms with van der Waals surface area (Å²) >= 11 is 0. The number of esters is 1. The smallest absolute Gasteiger partial charge is 0.328 e. The fourth-order valence-corrected chi connectivity index (χ4v) is 5.80. The number of cyclic esters (lactones) is 1. The second-order valence-corrected chi connectivity index (χ2v) is 11.5. The summed E-state index contributed by atoms with van der Waals surface area (Å²) in [6.45, 7) is 2.79. The van der Waals surface area contributed by atoms with Gasteiger partial charge in [-0.15, -0.1) is 0 Å². The first-order valence-corrected chi connectivity index (χ1v) is 14.6. The molecule has 3 aliphatic heterocycles. The molecule has 44 heavy (non-hydrogen) atoms. The predicted octanol–water partition coefficient (Wildman–Crippen LogP) is -0.790. The number of carbonyl (C=O) groups is 6. The summed E-state index contributed by atoms with van der Waals surface area (Å²) in [5.41, 5.74) is 6.14. The van der Waals surface area contributed by atoms with E-state index >= 15 is 0 Å². The molecule has 0 unspecified atom stereocenters. The third-order valence-electron chi connectivity index (χ3n) is 8.39. The second kappa shape index (κ2) is 13.7. The zero-order valence-corrected chi connectivity index (χ0v) is 24.9. The van der Waals surface area contributed by atoms with Gasteiger partial charge in [-0.2, -0.15) is 0 Å². The number of ether oxygens (including phenoxy) is 1. The van der Waals surface area contributed by atoms with Crippen LogP contribution in [0.1, 0.15) is 45.1 Å². The largest absolute Gasteiger partial charge is 0.461 e. The Balaban J connectivity index is 1.61. The van der Waals surface area contributed by atoms with Crippen molar-refractivity contribution in [3.63, 3.8) is 0 Å². The molecule has 3 saturated heterocycles. The maximum atomic E-state index is 13.8. The zero-order valence-electron chi connectivity index (χ0n) is 24.9. The molecule has 3 fully saturated rings. The average Bonchev–Trinajstić information content (AvgIpc) is 3.66. The van der Waals surface area contributed by atoms with Crippen LogP contribution in [0.5, 0.6) is 0 Å². The standard InChI is InChI=1S/C29H38F2N6O7/c1-15-26(40)37-9-5-7-23(37)29(43)44-14-21(34-25(39)20(32)12-17-10-18(30)13-19(31)11-17)27(41)36-8-4-6-22(36)28(42)35(3)16(2)24(38)33-15/h10-11,13,15-16,20-23H,4-9,12,14,32H2,1-3H3,(H,33,38)(H,34,39)/t15-,16-,20-,21-,22-,23-/m0/s1. The molecule has 1 aromatic carbocycles. The van der Waals surface area contributed by atoms with E-state index in [1.165, 1.54) is 35.6 Å². The van der Waals surface area contributed by atoms with E-state index in [2.05, 4.69) is 10.6 Å². The molecule has 0 saturated carbocycles. The monoisotopic (exact) mass is 620 g/mol. The van der Waals surface area contributed by atoms with Crippen molar-refractivity contribution in [1.82, 2.24) is 25.3 Å². The Morgan fingerprint density at radius 2 is 1.57 bits per heavy atom. The highest BCUT2D eigenvalue weighted by Gasteiger charge is 2.43. The molecule has 0 aliphatic carbocycles. The van der Waals surface area contributed by atoms with E-state index in [4.69, 9.17) is 10.5 Å². The van der Waals surface area contributed by atoms with Crippen LogP contribution in [0.3, 0.4) is 0 Å². The summed E-state index contributed by atoms with van der Waals surface area (Å²) in [5.74, 6) is -5.66. The van der Waals surface area contributed by atoms with Gasteiger partial charge in [0, 0.05) is 26.2 Å². The number of benzene rings is 1. The third-order valence-corrected chi connectivity index (χ3v) is 8.39. The van der Waals surface area contributed by atoms with Crippen LogP contribution in [0.25, 0.3) is 0 Å². The van der Waals surface area contributed by atoms with Crippen molar-refractivity contribution in [3.8, 4) is 0 Å². The van der Waals surface area contributed by atoms with Crippen LogP contribution in [0.15, 0.2) is 18.2 Å². The Kier molecular flexibility index (Phi) is 10.2. The van der Waals surface area contributed by atoms with Gasteiger partial charge in [-0.1, -0.05) is 0 Å². The van der Waals surface area contributed by atoms with Gasteiger partial charge in [0.25, 0.3) is 0 Å². The van der Waals surface area contributed by atoms with E-state index in [0.717, 1.165) is 12.1 Å². The van der Waals surface area contributed by atoms with Crippen molar-refractivity contribution in [2.75, 3.05) is 26.7 Å². The lowest BCUT2D eigenvalue weighted by Gasteiger charge is -2.34. The van der Waals surface area contributed by atoms with Crippen molar-refractivity contribution in [3.05, 3.63) is 35.4 Å². The van der Waals surface area contributed by atoms with Gasteiger partial charge in [0.15, 0.2) is 0 Å². The quantitative estimate of drug-likeness (QED) is 0.368. The van der Waals surface area contributed by atoms with Gasteiger partial charge in [0.05, 0.1) is 6.04 Å². The molecular weight excluding hydrogens is 582 g/mol. The van der Waals surface area contributed by atoms with Crippen molar-refractivity contribution >= 4 is 35.5 Å². The van der Waals surface area contributed by atoms with Crippen molar-refractivity contribution in [1.29, 1.82) is 0 Å². The molecule has 0 bridgehead atoms. The Bertz CT molecular complexity index is 1310. The molecule has 5 amide bonds. The normalized spacial score (nSPS) is 27.9. The van der Waals surface area contributed by atoms with Crippen molar-refractivity contribution in [2.24, 2.45) is 5.73 Å². The molecule has 1 aromatic rings. The maximum Gasteiger partial charge on any atom is 0.328 e. The molecule has 3 aliphatic rings. The molecule has 240 valence electrons. The number of likely N-dealkylation sites (N-methyl/N-ethyl adjacent to an activating group) is 1. The Morgan fingerprint density at radius 3 is 2.20 bits per heavy atom. The van der Waals surface area contributed by atoms with Gasteiger partial charge in [-0.3, -0.25) is 24.0 Å². The van der Waals surface area contributed by atoms with Crippen LogP contribution >= 0.6 is 0 Å². The minimum atomic E-state index is -1.46. The maximum absolute atomic E-state index is 13.8. The molecule has 4 rings (SSSR count). The number of nitrogens with one attached hydrogen (secondary N) is 2. The first-order valence-electron chi connectivity index (χ1n) is 14.6. The fraction of sp³-hybridized carbons (Fsp3) is 0.586. The number of hydrogen-bond acceptors (Lipinski definition) is 8. The second-order valence-electron chi connectivity index (χ2n) is 11.5. The molecule has 0 aromatic heterocycles. The molecule has 4 N–H and O–H groups in total. The number of nitrogens with two attached hydrogens (primary N) is 1. The lowest BCUT2D eigenvalue weighted by Crippen LogP contribution is -2.60. The molecular formula is C29H38F2N6O7. The summed E-state index contributed by atoms with van der Waals surface area (Å²) in [6, 6.07) is -3.94. The lowest BCUT2D eigenvalue weighted by molar-refractivity contribution is -0.157. The van der Waals surface area contributed by atoms with Gasteiger partial charge in [0.2, 0.25) is 29.5 Å². The van der Waals surface area contributed by atoms with Crippen molar-refractivity contribution < 1.29 is 42.3 Å². The summed E-state index contributed by atoms with van der Waals surface area (Å²) in [4.78, 5) is 83.5. The van der Waals surface area contributed by atoms with E-state index in [9.17, 15) is 37.5 Å². The fourth-order valence-electron chi connectivity index (χ4n) is 5.80. The van der Waals surface area contributed by atoms with E-state index in [0.29, 0.717) is 31.7 Å². The number of nitrogens with zero attached hydrogens (tertiary/aromatic N) is 3. The summed E-state index contributed by atoms with van der Waals surface area (Å²) in [6.07, 6.45) is 1.30. The number of hydrogen-bond donors (Lipinski definition) is 3. The van der Waals surface area contributed by atoms with E-state index in [-0.39, 0.29) is 25.1 Å². The van der Waals surface area contributed by atoms with Crippen LogP contribution in [-0.4, -0.2) is 113 Å². The molecule has 13 nitrogen and oxygen atoms in total. The van der Waals surface area contributed by atoms with Gasteiger partial charge < -0.3 is 35.8 Å². The van der Waals surface area contributed by atoms with Crippen LogP contribution in [-0.2, 0) is 39.9 Å². The number of fused-ring (bicyclic) bond motifs is 2. The van der Waals surface area contributed by atoms with Crippen LogP contribution in [0.2, 0.25) is 0 Å². The van der Waals surface area contributed by atoms with Gasteiger partial charge in [0.1, 0.15) is 48.5 Å². The Hall–Kier alpha value is -4.14. The van der Waals surface area contributed by atoms with Gasteiger partial charge >= 0.3 is 5.97 Å². The molecule has 0 spiro atoms. The topological polar surface area (TPSA) is 171 Å². The Morgan fingerprint density at radius 1 is 0.977 bits per heavy atom. The number of rotatable bonds is 4. The van der Waals surface area contributed by atoms with E-state index in [1.54, 1.807) is 0 Å². The third kappa shape index (κ3) is 7.14. The highest BCUT2D eigenvalue weighted by atomic mass is 19.1. The summed E-state index contributed by atoms with van der Waals surface area (Å²) < 4.78 is 32.8. The summed E-state index contributed by atoms with van der Waals surface area (Å²) in [5, 5.41) is 5.09. The molecule has 6 atom stereocenters. The van der Waals surface area contributed by atoms with Crippen LogP contribution in [0.4, 0.5) is 8.78 Å². The minimum Gasteiger partial charge on any atom is -0.461 e. The number of amides is 5. The minimum absolute atomic E-state index is 0.118. The van der Waals surface area contributed by atoms with Gasteiger partial charge in [-0.05, 0) is 63.6 Å². The molecule has 0 radical (unpaired) electrons. The van der Waals surface area contributed by atoms with Gasteiger partial charge in [-0.25, -0.2) is 13.6 Å². The van der Waals surface area contributed by atoms with Crippen molar-refractivity contribution in [2.45, 2.75) is 82.2 Å². The number of halogens is 2. The molecule has 3 heterocycles. The number of carbonyl (C=O) groups excluding carboxylic acids is 6. The van der Waals surface area contributed by atoms with Crippen LogP contribution in [0, 0.1) is 11.6 Å². The zero-order chi connectivity index (χ0) is 32.3. The highest BCUT2D eigenvalue weighted by molar-refractivity contribution is 5.97. The first-order chi connectivity index (χ1) is 20.8. The van der Waals surface area contributed by atoms with E-state index in [1.807, 2.05) is 0 Å². The van der Waals surface area contributed by atoms with E-state index < -0.39 is 90.0 Å². The van der Waals surface area contributed by atoms with Crippen LogP contribution < -0.4 is 16.4 Å². The SMILES string of the molecule is C[C@@H]1NC(=O)[C@H](C)N(C)C(=O)[C@@H]2CCCN2C(=O)[C@@H](NC(=O)[C@@H](N)Cc2cc(F)cc(F)c2)COC(=O)[C@@H]2CCCN2C1=O. The molecule has 15 heteroatoms. The lowest BCUT2D eigenvalue weighted by atomic mass is 10.0.